The van der Waals surface area contributed by atoms with Crippen molar-refractivity contribution in [1.82, 2.24) is 0 Å². The fourth-order valence-corrected chi connectivity index (χ4v) is 2.33. The van der Waals surface area contributed by atoms with Crippen molar-refractivity contribution in [1.29, 1.82) is 0 Å². The molecule has 0 amide bonds. The Hall–Kier alpha value is -1.02. The summed E-state index contributed by atoms with van der Waals surface area (Å²) >= 11 is 17.8. The van der Waals surface area contributed by atoms with E-state index in [0.29, 0.717) is 26.2 Å². The molecule has 0 N–H and O–H groups in total. The molecule has 0 unspecified atom stereocenters. The predicted molar refractivity (Wildman–Crippen MR) is 80.8 cm³/mol. The minimum absolute atomic E-state index is 0.0872. The third kappa shape index (κ3) is 2.94. The standard InChI is InChI=1S/C15H11Cl3O/c1-8-6-13(17)9(2)5-11(8)15(19)10-3-4-12(16)14(18)7-10/h3-7H,1-2H3. The van der Waals surface area contributed by atoms with Crippen LogP contribution in [0.3, 0.4) is 0 Å². The highest BCUT2D eigenvalue weighted by Crippen LogP contribution is 2.26. The number of hydrogen-bond donors (Lipinski definition) is 0. The van der Waals surface area contributed by atoms with Gasteiger partial charge < -0.3 is 0 Å². The van der Waals surface area contributed by atoms with Crippen LogP contribution < -0.4 is 0 Å². The summed E-state index contributed by atoms with van der Waals surface area (Å²) in [6.45, 7) is 3.73. The van der Waals surface area contributed by atoms with Crippen molar-refractivity contribution < 1.29 is 4.79 Å². The van der Waals surface area contributed by atoms with E-state index in [1.54, 1.807) is 30.3 Å². The molecule has 0 aliphatic rings. The molecule has 0 saturated heterocycles. The maximum absolute atomic E-state index is 12.4. The molecule has 4 heteroatoms. The van der Waals surface area contributed by atoms with Gasteiger partial charge in [-0.1, -0.05) is 34.8 Å². The highest BCUT2D eigenvalue weighted by Gasteiger charge is 2.14. The number of aryl methyl sites for hydroxylation is 2. The van der Waals surface area contributed by atoms with Gasteiger partial charge in [-0.05, 0) is 55.3 Å². The average molecular weight is 314 g/mol. The minimum Gasteiger partial charge on any atom is -0.289 e. The zero-order chi connectivity index (χ0) is 14.2. The lowest BCUT2D eigenvalue weighted by atomic mass is 9.97. The van der Waals surface area contributed by atoms with Crippen molar-refractivity contribution in [3.05, 3.63) is 67.7 Å². The van der Waals surface area contributed by atoms with Crippen molar-refractivity contribution in [2.45, 2.75) is 13.8 Å². The number of carbonyl (C=O) groups is 1. The number of ketones is 1. The molecule has 98 valence electrons. The molecule has 2 aromatic rings. The average Bonchev–Trinajstić information content (AvgIpc) is 2.36. The van der Waals surface area contributed by atoms with Gasteiger partial charge in [-0.25, -0.2) is 0 Å². The topological polar surface area (TPSA) is 17.1 Å². The van der Waals surface area contributed by atoms with Gasteiger partial charge in [0.1, 0.15) is 0 Å². The molecule has 0 fully saturated rings. The van der Waals surface area contributed by atoms with E-state index in [9.17, 15) is 4.79 Å². The van der Waals surface area contributed by atoms with Crippen molar-refractivity contribution in [2.24, 2.45) is 0 Å². The summed E-state index contributed by atoms with van der Waals surface area (Å²) in [5.41, 5.74) is 2.85. The van der Waals surface area contributed by atoms with Crippen molar-refractivity contribution in [3.8, 4) is 0 Å². The van der Waals surface area contributed by atoms with Crippen molar-refractivity contribution >= 4 is 40.6 Å². The summed E-state index contributed by atoms with van der Waals surface area (Å²) in [5.74, 6) is -0.0872. The van der Waals surface area contributed by atoms with Crippen LogP contribution in [0.2, 0.25) is 15.1 Å². The third-order valence-corrected chi connectivity index (χ3v) is 4.08. The predicted octanol–water partition coefficient (Wildman–Crippen LogP) is 5.49. The first-order valence-electron chi connectivity index (χ1n) is 5.66. The lowest BCUT2D eigenvalue weighted by Gasteiger charge is -2.08. The number of halogens is 3. The second-order valence-corrected chi connectivity index (χ2v) is 5.60. The van der Waals surface area contributed by atoms with Gasteiger partial charge in [-0.3, -0.25) is 4.79 Å². The van der Waals surface area contributed by atoms with E-state index in [0.717, 1.165) is 11.1 Å². The second-order valence-electron chi connectivity index (χ2n) is 4.37. The van der Waals surface area contributed by atoms with Crippen LogP contribution in [0.4, 0.5) is 0 Å². The molecule has 0 aliphatic carbocycles. The summed E-state index contributed by atoms with van der Waals surface area (Å²) in [4.78, 5) is 12.4. The first-order valence-corrected chi connectivity index (χ1v) is 6.80. The molecule has 2 rings (SSSR count). The summed E-state index contributed by atoms with van der Waals surface area (Å²) in [5, 5.41) is 1.46. The van der Waals surface area contributed by atoms with Gasteiger partial charge in [0, 0.05) is 16.1 Å². The minimum atomic E-state index is -0.0872. The summed E-state index contributed by atoms with van der Waals surface area (Å²) in [7, 11) is 0. The van der Waals surface area contributed by atoms with Gasteiger partial charge in [0.05, 0.1) is 10.0 Å². The lowest BCUT2D eigenvalue weighted by Crippen LogP contribution is -2.04. The molecule has 0 atom stereocenters. The Morgan fingerprint density at radius 2 is 1.53 bits per heavy atom. The first-order chi connectivity index (χ1) is 8.90. The van der Waals surface area contributed by atoms with Crippen molar-refractivity contribution in [2.75, 3.05) is 0 Å². The van der Waals surface area contributed by atoms with Crippen LogP contribution in [0.5, 0.6) is 0 Å². The van der Waals surface area contributed by atoms with Gasteiger partial charge in [0.25, 0.3) is 0 Å². The van der Waals surface area contributed by atoms with E-state index in [1.165, 1.54) is 0 Å². The smallest absolute Gasteiger partial charge is 0.193 e. The normalized spacial score (nSPS) is 10.6. The first kappa shape index (κ1) is 14.4. The molecule has 0 heterocycles. The molecular weight excluding hydrogens is 303 g/mol. The van der Waals surface area contributed by atoms with Gasteiger partial charge in [-0.15, -0.1) is 0 Å². The van der Waals surface area contributed by atoms with E-state index in [2.05, 4.69) is 0 Å². The van der Waals surface area contributed by atoms with E-state index in [1.807, 2.05) is 13.8 Å². The highest BCUT2D eigenvalue weighted by atomic mass is 35.5. The van der Waals surface area contributed by atoms with Gasteiger partial charge >= 0.3 is 0 Å². The zero-order valence-electron chi connectivity index (χ0n) is 10.4. The Bertz CT molecular complexity index is 663. The summed E-state index contributed by atoms with van der Waals surface area (Å²) < 4.78 is 0. The molecule has 0 bridgehead atoms. The molecule has 0 spiro atoms. The zero-order valence-corrected chi connectivity index (χ0v) is 12.7. The van der Waals surface area contributed by atoms with Crippen LogP contribution in [0, 0.1) is 13.8 Å². The van der Waals surface area contributed by atoms with E-state index >= 15 is 0 Å². The SMILES string of the molecule is Cc1cc(C(=O)c2ccc(Cl)c(Cl)c2)c(C)cc1Cl. The molecule has 19 heavy (non-hydrogen) atoms. The largest absolute Gasteiger partial charge is 0.289 e. The molecule has 0 saturated carbocycles. The molecule has 0 aromatic heterocycles. The van der Waals surface area contributed by atoms with Crippen LogP contribution in [0.15, 0.2) is 30.3 Å². The van der Waals surface area contributed by atoms with E-state index in [4.69, 9.17) is 34.8 Å². The lowest BCUT2D eigenvalue weighted by molar-refractivity contribution is 0.103. The Balaban J connectivity index is 2.49. The molecular formula is C15H11Cl3O. The molecule has 0 radical (unpaired) electrons. The fraction of sp³-hybridized carbons (Fsp3) is 0.133. The Morgan fingerprint density at radius 3 is 2.16 bits per heavy atom. The summed E-state index contributed by atoms with van der Waals surface area (Å²) in [6.07, 6.45) is 0. The molecule has 0 aliphatic heterocycles. The highest BCUT2D eigenvalue weighted by molar-refractivity contribution is 6.42. The number of hydrogen-bond acceptors (Lipinski definition) is 1. The Kier molecular flexibility index (Phi) is 4.19. The third-order valence-electron chi connectivity index (χ3n) is 2.93. The van der Waals surface area contributed by atoms with Crippen LogP contribution in [-0.4, -0.2) is 5.78 Å². The number of carbonyl (C=O) groups excluding carboxylic acids is 1. The molecule has 1 nitrogen and oxygen atoms in total. The maximum Gasteiger partial charge on any atom is 0.193 e. The van der Waals surface area contributed by atoms with Crippen LogP contribution in [0.25, 0.3) is 0 Å². The van der Waals surface area contributed by atoms with E-state index in [-0.39, 0.29) is 5.78 Å². The van der Waals surface area contributed by atoms with Crippen molar-refractivity contribution in [3.63, 3.8) is 0 Å². The van der Waals surface area contributed by atoms with Gasteiger partial charge in [0.15, 0.2) is 5.78 Å². The number of benzene rings is 2. The molecule has 2 aromatic carbocycles. The Labute approximate surface area is 127 Å². The maximum atomic E-state index is 12.4. The Morgan fingerprint density at radius 1 is 0.842 bits per heavy atom. The summed E-state index contributed by atoms with van der Waals surface area (Å²) in [6, 6.07) is 8.45. The van der Waals surface area contributed by atoms with Crippen LogP contribution in [0.1, 0.15) is 27.0 Å². The van der Waals surface area contributed by atoms with E-state index < -0.39 is 0 Å². The van der Waals surface area contributed by atoms with Crippen LogP contribution >= 0.6 is 34.8 Å². The number of rotatable bonds is 2. The van der Waals surface area contributed by atoms with Gasteiger partial charge in [0.2, 0.25) is 0 Å². The van der Waals surface area contributed by atoms with Gasteiger partial charge in [-0.2, -0.15) is 0 Å². The monoisotopic (exact) mass is 312 g/mol. The quantitative estimate of drug-likeness (QED) is 0.670. The second kappa shape index (κ2) is 5.54. The fourth-order valence-electron chi connectivity index (χ4n) is 1.82. The van der Waals surface area contributed by atoms with Crippen LogP contribution in [-0.2, 0) is 0 Å².